The molecule has 4 rings (SSSR count). The second-order valence-electron chi connectivity index (χ2n) is 6.75. The van der Waals surface area contributed by atoms with Gasteiger partial charge in [-0.25, -0.2) is 14.6 Å². The molecule has 0 radical (unpaired) electrons. The number of benzene rings is 3. The van der Waals surface area contributed by atoms with E-state index < -0.39 is 11.9 Å². The Morgan fingerprint density at radius 1 is 1.00 bits per heavy atom. The molecule has 0 saturated carbocycles. The third-order valence-corrected chi connectivity index (χ3v) is 5.42. The van der Waals surface area contributed by atoms with Crippen molar-refractivity contribution in [1.29, 1.82) is 0 Å². The summed E-state index contributed by atoms with van der Waals surface area (Å²) >= 11 is 18.4. The first kappa shape index (κ1) is 22.9. The van der Waals surface area contributed by atoms with Gasteiger partial charge in [0, 0.05) is 5.02 Å². The predicted octanol–water partition coefficient (Wildman–Crippen LogP) is 6.22. The Hall–Kier alpha value is -3.32. The molecule has 1 aliphatic rings. The van der Waals surface area contributed by atoms with Crippen LogP contribution in [0.5, 0.6) is 11.5 Å². The Morgan fingerprint density at radius 3 is 2.42 bits per heavy atom. The molecule has 0 amide bonds. The van der Waals surface area contributed by atoms with E-state index >= 15 is 0 Å². The van der Waals surface area contributed by atoms with Crippen LogP contribution >= 0.6 is 34.8 Å². The Morgan fingerprint density at radius 2 is 1.73 bits per heavy atom. The van der Waals surface area contributed by atoms with E-state index in [1.807, 2.05) is 0 Å². The van der Waals surface area contributed by atoms with Crippen molar-refractivity contribution in [2.45, 2.75) is 0 Å². The van der Waals surface area contributed by atoms with E-state index in [-0.39, 0.29) is 28.1 Å². The van der Waals surface area contributed by atoms with Crippen molar-refractivity contribution in [3.05, 3.63) is 98.1 Å². The molecule has 3 aromatic rings. The minimum atomic E-state index is -0.641. The van der Waals surface area contributed by atoms with Gasteiger partial charge < -0.3 is 14.2 Å². The number of halogens is 3. The van der Waals surface area contributed by atoms with Crippen LogP contribution in [0.4, 0.5) is 0 Å². The van der Waals surface area contributed by atoms with Gasteiger partial charge in [0.05, 0.1) is 28.3 Å². The number of carbonyl (C=O) groups is 2. The van der Waals surface area contributed by atoms with Gasteiger partial charge in [0.2, 0.25) is 5.90 Å². The lowest BCUT2D eigenvalue weighted by molar-refractivity contribution is -0.129. The summed E-state index contributed by atoms with van der Waals surface area (Å²) < 4.78 is 16.0. The van der Waals surface area contributed by atoms with Gasteiger partial charge in [-0.2, -0.15) is 0 Å². The molecule has 9 heteroatoms. The van der Waals surface area contributed by atoms with E-state index in [2.05, 4.69) is 4.99 Å². The highest BCUT2D eigenvalue weighted by Crippen LogP contribution is 2.38. The molecule has 1 aliphatic heterocycles. The van der Waals surface area contributed by atoms with Crippen molar-refractivity contribution in [3.63, 3.8) is 0 Å². The quantitative estimate of drug-likeness (QED) is 0.235. The summed E-state index contributed by atoms with van der Waals surface area (Å²) in [6.45, 7) is 0. The highest BCUT2D eigenvalue weighted by atomic mass is 35.5. The van der Waals surface area contributed by atoms with Gasteiger partial charge in [-0.05, 0) is 60.2 Å². The van der Waals surface area contributed by atoms with Gasteiger partial charge in [-0.15, -0.1) is 0 Å². The summed E-state index contributed by atoms with van der Waals surface area (Å²) in [5.74, 6) is -0.943. The topological polar surface area (TPSA) is 74.2 Å². The van der Waals surface area contributed by atoms with Crippen LogP contribution in [-0.2, 0) is 9.53 Å². The number of hydrogen-bond acceptors (Lipinski definition) is 6. The smallest absolute Gasteiger partial charge is 0.363 e. The first-order valence-electron chi connectivity index (χ1n) is 9.48. The van der Waals surface area contributed by atoms with Crippen molar-refractivity contribution >= 4 is 58.7 Å². The number of rotatable bonds is 5. The van der Waals surface area contributed by atoms with E-state index in [9.17, 15) is 9.59 Å². The number of hydrogen-bond donors (Lipinski definition) is 0. The lowest BCUT2D eigenvalue weighted by atomic mass is 10.1. The Bertz CT molecular complexity index is 1320. The molecular formula is C24H14Cl3NO5. The molecule has 1 heterocycles. The molecular weight excluding hydrogens is 489 g/mol. The van der Waals surface area contributed by atoms with E-state index in [1.54, 1.807) is 42.5 Å². The van der Waals surface area contributed by atoms with Crippen LogP contribution in [0.2, 0.25) is 15.1 Å². The average Bonchev–Trinajstić information content (AvgIpc) is 3.15. The zero-order valence-corrected chi connectivity index (χ0v) is 19.2. The molecule has 6 nitrogen and oxygen atoms in total. The fourth-order valence-corrected chi connectivity index (χ4v) is 3.58. The van der Waals surface area contributed by atoms with E-state index in [1.165, 1.54) is 31.4 Å². The molecule has 0 spiro atoms. The summed E-state index contributed by atoms with van der Waals surface area (Å²) in [5, 5.41) is 0.998. The number of carbonyl (C=O) groups excluding carboxylic acids is 2. The molecule has 0 N–H and O–H groups in total. The number of aliphatic imine (C=N–C) groups is 1. The summed E-state index contributed by atoms with van der Waals surface area (Å²) in [4.78, 5) is 29.0. The molecule has 0 bridgehead atoms. The summed E-state index contributed by atoms with van der Waals surface area (Å²) in [6, 6.07) is 16.2. The Kier molecular flexibility index (Phi) is 6.70. The molecule has 0 atom stereocenters. The third-order valence-electron chi connectivity index (χ3n) is 4.55. The van der Waals surface area contributed by atoms with Crippen LogP contribution in [0.1, 0.15) is 21.5 Å². The molecule has 0 aliphatic carbocycles. The molecule has 0 aromatic heterocycles. The SMILES string of the molecule is COc1cc(/C=C2\N=C(c3ccccc3Cl)OC2=O)cc(Cl)c1OC(=O)c1ccc(Cl)cc1. The molecule has 0 fully saturated rings. The zero-order chi connectivity index (χ0) is 23.5. The standard InChI is InChI=1S/C24H14Cl3NO5/c1-31-20-12-13(10-18(27)21(20)32-23(29)14-6-8-15(25)9-7-14)11-19-24(30)33-22(28-19)16-4-2-3-5-17(16)26/h2-12H,1H3/b19-11-. The van der Waals surface area contributed by atoms with Gasteiger partial charge >= 0.3 is 11.9 Å². The van der Waals surface area contributed by atoms with E-state index in [0.29, 0.717) is 26.7 Å². The van der Waals surface area contributed by atoms with Crippen molar-refractivity contribution in [1.82, 2.24) is 0 Å². The van der Waals surface area contributed by atoms with Crippen molar-refractivity contribution < 1.29 is 23.8 Å². The average molecular weight is 503 g/mol. The molecule has 0 unspecified atom stereocenters. The van der Waals surface area contributed by atoms with Crippen molar-refractivity contribution in [3.8, 4) is 11.5 Å². The zero-order valence-electron chi connectivity index (χ0n) is 17.0. The van der Waals surface area contributed by atoms with E-state index in [4.69, 9.17) is 49.0 Å². The normalized spacial score (nSPS) is 14.1. The van der Waals surface area contributed by atoms with Crippen LogP contribution in [-0.4, -0.2) is 24.9 Å². The van der Waals surface area contributed by atoms with Crippen LogP contribution in [0.15, 0.2) is 71.4 Å². The lowest BCUT2D eigenvalue weighted by Crippen LogP contribution is -2.09. The van der Waals surface area contributed by atoms with E-state index in [0.717, 1.165) is 0 Å². The Labute approximate surface area is 204 Å². The van der Waals surface area contributed by atoms with Gasteiger partial charge in [0.15, 0.2) is 17.2 Å². The molecule has 3 aromatic carbocycles. The summed E-state index contributed by atoms with van der Waals surface area (Å²) in [5.41, 5.74) is 1.32. The Balaban J connectivity index is 1.63. The van der Waals surface area contributed by atoms with Crippen LogP contribution in [0.25, 0.3) is 6.08 Å². The number of esters is 2. The number of nitrogens with zero attached hydrogens (tertiary/aromatic N) is 1. The van der Waals surface area contributed by atoms with Crippen LogP contribution in [0.3, 0.4) is 0 Å². The summed E-state index contributed by atoms with van der Waals surface area (Å²) in [6.07, 6.45) is 1.48. The largest absolute Gasteiger partial charge is 0.493 e. The fraction of sp³-hybridized carbons (Fsp3) is 0.0417. The number of methoxy groups -OCH3 is 1. The molecule has 0 saturated heterocycles. The third kappa shape index (κ3) is 5.03. The van der Waals surface area contributed by atoms with Crippen molar-refractivity contribution in [2.24, 2.45) is 4.99 Å². The minimum Gasteiger partial charge on any atom is -0.493 e. The van der Waals surface area contributed by atoms with Gasteiger partial charge in [-0.1, -0.05) is 46.9 Å². The molecule has 166 valence electrons. The lowest BCUT2D eigenvalue weighted by Gasteiger charge is -2.12. The van der Waals surface area contributed by atoms with Crippen LogP contribution in [0, 0.1) is 0 Å². The first-order chi connectivity index (χ1) is 15.9. The maximum Gasteiger partial charge on any atom is 0.363 e. The number of ether oxygens (including phenoxy) is 3. The van der Waals surface area contributed by atoms with Crippen molar-refractivity contribution in [2.75, 3.05) is 7.11 Å². The van der Waals surface area contributed by atoms with Gasteiger partial charge in [0.25, 0.3) is 0 Å². The number of cyclic esters (lactones) is 1. The van der Waals surface area contributed by atoms with Gasteiger partial charge in [0.1, 0.15) is 0 Å². The maximum absolute atomic E-state index is 12.5. The molecule has 33 heavy (non-hydrogen) atoms. The minimum absolute atomic E-state index is 0.0375. The van der Waals surface area contributed by atoms with Crippen LogP contribution < -0.4 is 9.47 Å². The first-order valence-corrected chi connectivity index (χ1v) is 10.6. The highest BCUT2D eigenvalue weighted by molar-refractivity contribution is 6.34. The second-order valence-corrected chi connectivity index (χ2v) is 8.00. The monoisotopic (exact) mass is 501 g/mol. The van der Waals surface area contributed by atoms with Gasteiger partial charge in [-0.3, -0.25) is 0 Å². The summed E-state index contributed by atoms with van der Waals surface area (Å²) in [7, 11) is 1.40. The maximum atomic E-state index is 12.5. The highest BCUT2D eigenvalue weighted by Gasteiger charge is 2.26. The fourth-order valence-electron chi connectivity index (χ4n) is 2.98. The predicted molar refractivity (Wildman–Crippen MR) is 126 cm³/mol. The second kappa shape index (κ2) is 9.67.